The van der Waals surface area contributed by atoms with Gasteiger partial charge in [-0.15, -0.1) is 0 Å². The van der Waals surface area contributed by atoms with Crippen LogP contribution in [0, 0.1) is 0 Å². The summed E-state index contributed by atoms with van der Waals surface area (Å²) >= 11 is 0. The van der Waals surface area contributed by atoms with Gasteiger partial charge in [0.25, 0.3) is 5.91 Å². The molecule has 1 aromatic carbocycles. The summed E-state index contributed by atoms with van der Waals surface area (Å²) in [7, 11) is 0. The van der Waals surface area contributed by atoms with Crippen LogP contribution >= 0.6 is 0 Å². The van der Waals surface area contributed by atoms with Gasteiger partial charge in [-0.05, 0) is 19.1 Å². The van der Waals surface area contributed by atoms with Crippen molar-refractivity contribution >= 4 is 5.91 Å². The molecule has 0 aromatic heterocycles. The molecular formula is C12H18N2O3. The molecular weight excluding hydrogens is 220 g/mol. The molecule has 0 heterocycles. The Bertz CT molecular complexity index is 355. The van der Waals surface area contributed by atoms with Crippen LogP contribution in [0.4, 0.5) is 0 Å². The highest BCUT2D eigenvalue weighted by Gasteiger charge is 2.02. The zero-order valence-electron chi connectivity index (χ0n) is 9.94. The number of nitrogens with one attached hydrogen (secondary N) is 1. The van der Waals surface area contributed by atoms with Crippen molar-refractivity contribution in [1.82, 2.24) is 5.32 Å². The van der Waals surface area contributed by atoms with Crippen LogP contribution in [-0.2, 0) is 4.79 Å². The number of amides is 1. The van der Waals surface area contributed by atoms with E-state index in [1.165, 1.54) is 0 Å². The molecule has 0 aliphatic carbocycles. The number of hydrogen-bond acceptors (Lipinski definition) is 4. The molecule has 5 nitrogen and oxygen atoms in total. The number of nitrogens with two attached hydrogens (primary N) is 1. The Balaban J connectivity index is 2.40. The van der Waals surface area contributed by atoms with E-state index in [-0.39, 0.29) is 12.5 Å². The average Bonchev–Trinajstić information content (AvgIpc) is 2.35. The first-order valence-corrected chi connectivity index (χ1v) is 5.58. The molecule has 0 atom stereocenters. The summed E-state index contributed by atoms with van der Waals surface area (Å²) in [5.41, 5.74) is 5.27. The number of rotatable bonds is 7. The van der Waals surface area contributed by atoms with Crippen LogP contribution in [0.1, 0.15) is 6.92 Å². The van der Waals surface area contributed by atoms with E-state index < -0.39 is 0 Å². The maximum atomic E-state index is 11.3. The summed E-state index contributed by atoms with van der Waals surface area (Å²) < 4.78 is 10.6. The third-order valence-corrected chi connectivity index (χ3v) is 1.95. The topological polar surface area (TPSA) is 73.6 Å². The smallest absolute Gasteiger partial charge is 0.257 e. The maximum Gasteiger partial charge on any atom is 0.257 e. The monoisotopic (exact) mass is 238 g/mol. The molecule has 17 heavy (non-hydrogen) atoms. The summed E-state index contributed by atoms with van der Waals surface area (Å²) in [6.07, 6.45) is 0. The molecule has 94 valence electrons. The number of carbonyl (C=O) groups excluding carboxylic acids is 1. The van der Waals surface area contributed by atoms with Gasteiger partial charge in [-0.3, -0.25) is 4.79 Å². The van der Waals surface area contributed by atoms with Gasteiger partial charge in [0.1, 0.15) is 11.5 Å². The Kier molecular flexibility index (Phi) is 5.88. The van der Waals surface area contributed by atoms with Gasteiger partial charge in [-0.25, -0.2) is 0 Å². The maximum absolute atomic E-state index is 11.3. The van der Waals surface area contributed by atoms with Gasteiger partial charge in [-0.1, -0.05) is 6.07 Å². The van der Waals surface area contributed by atoms with Crippen LogP contribution in [0.2, 0.25) is 0 Å². The van der Waals surface area contributed by atoms with Gasteiger partial charge in [0.2, 0.25) is 0 Å². The molecule has 0 bridgehead atoms. The first-order chi connectivity index (χ1) is 8.26. The summed E-state index contributed by atoms with van der Waals surface area (Å²) in [6.45, 7) is 3.37. The number of hydrogen-bond donors (Lipinski definition) is 2. The SMILES string of the molecule is CCOc1cccc(OCC(=O)NCCN)c1. The molecule has 1 amide bonds. The van der Waals surface area contributed by atoms with E-state index in [4.69, 9.17) is 15.2 Å². The first-order valence-electron chi connectivity index (χ1n) is 5.58. The quantitative estimate of drug-likeness (QED) is 0.727. The molecule has 5 heteroatoms. The predicted molar refractivity (Wildman–Crippen MR) is 65.2 cm³/mol. The second kappa shape index (κ2) is 7.51. The van der Waals surface area contributed by atoms with Crippen LogP contribution < -0.4 is 20.5 Å². The zero-order valence-corrected chi connectivity index (χ0v) is 9.94. The van der Waals surface area contributed by atoms with Crippen LogP contribution in [0.25, 0.3) is 0 Å². The fourth-order valence-electron chi connectivity index (χ4n) is 1.23. The fraction of sp³-hybridized carbons (Fsp3) is 0.417. The molecule has 0 saturated carbocycles. The van der Waals surface area contributed by atoms with Gasteiger partial charge >= 0.3 is 0 Å². The Morgan fingerprint density at radius 3 is 2.71 bits per heavy atom. The lowest BCUT2D eigenvalue weighted by molar-refractivity contribution is -0.123. The van der Waals surface area contributed by atoms with E-state index in [1.807, 2.05) is 19.1 Å². The van der Waals surface area contributed by atoms with E-state index in [0.717, 1.165) is 5.75 Å². The third kappa shape index (κ3) is 5.21. The van der Waals surface area contributed by atoms with Gasteiger partial charge in [0, 0.05) is 19.2 Å². The number of ether oxygens (including phenoxy) is 2. The minimum absolute atomic E-state index is 0.0183. The highest BCUT2D eigenvalue weighted by molar-refractivity contribution is 5.77. The number of benzene rings is 1. The lowest BCUT2D eigenvalue weighted by atomic mass is 10.3. The molecule has 0 spiro atoms. The second-order valence-electron chi connectivity index (χ2n) is 3.34. The second-order valence-corrected chi connectivity index (χ2v) is 3.34. The zero-order chi connectivity index (χ0) is 12.5. The molecule has 0 unspecified atom stereocenters. The van der Waals surface area contributed by atoms with E-state index >= 15 is 0 Å². The van der Waals surface area contributed by atoms with Gasteiger partial charge in [-0.2, -0.15) is 0 Å². The molecule has 0 radical (unpaired) electrons. The van der Waals surface area contributed by atoms with E-state index in [0.29, 0.717) is 25.4 Å². The molecule has 1 rings (SSSR count). The van der Waals surface area contributed by atoms with Crippen molar-refractivity contribution in [2.75, 3.05) is 26.3 Å². The normalized spacial score (nSPS) is 9.76. The minimum atomic E-state index is -0.183. The molecule has 3 N–H and O–H groups in total. The lowest BCUT2D eigenvalue weighted by Crippen LogP contribution is -2.32. The van der Waals surface area contributed by atoms with Crippen molar-refractivity contribution in [1.29, 1.82) is 0 Å². The lowest BCUT2D eigenvalue weighted by Gasteiger charge is -2.08. The van der Waals surface area contributed by atoms with Crippen molar-refractivity contribution in [2.45, 2.75) is 6.92 Å². The Labute approximate surface area is 101 Å². The average molecular weight is 238 g/mol. The molecule has 1 aromatic rings. The summed E-state index contributed by atoms with van der Waals surface area (Å²) in [5, 5.41) is 2.62. The van der Waals surface area contributed by atoms with E-state index in [2.05, 4.69) is 5.32 Å². The summed E-state index contributed by atoms with van der Waals surface area (Å²) in [4.78, 5) is 11.3. The first kappa shape index (κ1) is 13.3. The Hall–Kier alpha value is -1.75. The van der Waals surface area contributed by atoms with Gasteiger partial charge in [0.05, 0.1) is 6.61 Å². The van der Waals surface area contributed by atoms with Crippen LogP contribution in [0.5, 0.6) is 11.5 Å². The fourth-order valence-corrected chi connectivity index (χ4v) is 1.23. The highest BCUT2D eigenvalue weighted by atomic mass is 16.5. The largest absolute Gasteiger partial charge is 0.494 e. The van der Waals surface area contributed by atoms with E-state index in [9.17, 15) is 4.79 Å². The van der Waals surface area contributed by atoms with Crippen LogP contribution in [-0.4, -0.2) is 32.2 Å². The standard InChI is InChI=1S/C12H18N2O3/c1-2-16-10-4-3-5-11(8-10)17-9-12(15)14-7-6-13/h3-5,8H,2,6-7,9,13H2,1H3,(H,14,15). The third-order valence-electron chi connectivity index (χ3n) is 1.95. The van der Waals surface area contributed by atoms with Crippen molar-refractivity contribution in [3.63, 3.8) is 0 Å². The van der Waals surface area contributed by atoms with Gasteiger partial charge in [0.15, 0.2) is 6.61 Å². The predicted octanol–water partition coefficient (Wildman–Crippen LogP) is 0.539. The van der Waals surface area contributed by atoms with Crippen molar-refractivity contribution < 1.29 is 14.3 Å². The summed E-state index contributed by atoms with van der Waals surface area (Å²) in [5.74, 6) is 1.16. The van der Waals surface area contributed by atoms with Gasteiger partial charge < -0.3 is 20.5 Å². The molecule has 0 fully saturated rings. The van der Waals surface area contributed by atoms with Crippen molar-refractivity contribution in [2.24, 2.45) is 5.73 Å². The number of carbonyl (C=O) groups is 1. The van der Waals surface area contributed by atoms with Crippen LogP contribution in [0.3, 0.4) is 0 Å². The Morgan fingerprint density at radius 2 is 2.06 bits per heavy atom. The highest BCUT2D eigenvalue weighted by Crippen LogP contribution is 2.19. The van der Waals surface area contributed by atoms with E-state index in [1.54, 1.807) is 12.1 Å². The van der Waals surface area contributed by atoms with Crippen molar-refractivity contribution in [3.8, 4) is 11.5 Å². The van der Waals surface area contributed by atoms with Crippen LogP contribution in [0.15, 0.2) is 24.3 Å². The Morgan fingerprint density at radius 1 is 1.35 bits per heavy atom. The molecule has 0 saturated heterocycles. The molecule has 0 aliphatic rings. The minimum Gasteiger partial charge on any atom is -0.494 e. The molecule has 0 aliphatic heterocycles. The van der Waals surface area contributed by atoms with Crippen molar-refractivity contribution in [3.05, 3.63) is 24.3 Å². The summed E-state index contributed by atoms with van der Waals surface area (Å²) in [6, 6.07) is 7.18.